The molecule has 1 aromatic heterocycles. The molecule has 1 aliphatic rings. The van der Waals surface area contributed by atoms with Gasteiger partial charge in [-0.3, -0.25) is 0 Å². The van der Waals surface area contributed by atoms with Crippen LogP contribution in [0.1, 0.15) is 19.8 Å². The van der Waals surface area contributed by atoms with E-state index in [1.54, 1.807) is 17.1 Å². The maximum atomic E-state index is 12.1. The fourth-order valence-corrected chi connectivity index (χ4v) is 2.18. The van der Waals surface area contributed by atoms with Crippen molar-refractivity contribution in [3.63, 3.8) is 0 Å². The normalized spacial score (nSPS) is 17.4. The molecule has 0 N–H and O–H groups in total. The first kappa shape index (κ1) is 12.1. The number of carbonyl (C=O) groups is 1. The van der Waals surface area contributed by atoms with E-state index in [0.717, 1.165) is 32.5 Å². The second-order valence-corrected chi connectivity index (χ2v) is 4.41. The molecule has 0 atom stereocenters. The average Bonchev–Trinajstić information content (AvgIpc) is 2.76. The van der Waals surface area contributed by atoms with Crippen molar-refractivity contribution in [2.45, 2.75) is 25.9 Å². The van der Waals surface area contributed by atoms with Crippen molar-refractivity contribution in [1.29, 1.82) is 0 Å². The molecule has 0 aliphatic carbocycles. The lowest BCUT2D eigenvalue weighted by Gasteiger charge is -2.29. The molecule has 1 amide bonds. The first-order valence-corrected chi connectivity index (χ1v) is 6.15. The van der Waals surface area contributed by atoms with Gasteiger partial charge in [0.25, 0.3) is 6.33 Å². The maximum Gasteiger partial charge on any atom is 0.415 e. The molecule has 5 nitrogen and oxygen atoms in total. The van der Waals surface area contributed by atoms with Crippen LogP contribution in [0.5, 0.6) is 0 Å². The van der Waals surface area contributed by atoms with Gasteiger partial charge >= 0.3 is 6.03 Å². The zero-order valence-corrected chi connectivity index (χ0v) is 10.5. The van der Waals surface area contributed by atoms with Crippen LogP contribution in [0.25, 0.3) is 0 Å². The summed E-state index contributed by atoms with van der Waals surface area (Å²) in [5, 5.41) is 0. The predicted octanol–water partition coefficient (Wildman–Crippen LogP) is 0.782. The summed E-state index contributed by atoms with van der Waals surface area (Å²) in [6.45, 7) is 4.33. The molecule has 0 radical (unpaired) electrons. The molecular weight excluding hydrogens is 218 g/mol. The van der Waals surface area contributed by atoms with E-state index in [0.29, 0.717) is 6.10 Å². The summed E-state index contributed by atoms with van der Waals surface area (Å²) in [6.07, 6.45) is 7.64. The Kier molecular flexibility index (Phi) is 3.78. The zero-order valence-electron chi connectivity index (χ0n) is 10.5. The minimum atomic E-state index is 0.0561. The summed E-state index contributed by atoms with van der Waals surface area (Å²) in [6, 6.07) is 0.0561. The zero-order chi connectivity index (χ0) is 12.3. The van der Waals surface area contributed by atoms with Crippen LogP contribution in [0.15, 0.2) is 18.7 Å². The van der Waals surface area contributed by atoms with Gasteiger partial charge in [-0.2, -0.15) is 4.57 Å². The number of likely N-dealkylation sites (tertiary alicyclic amines) is 1. The van der Waals surface area contributed by atoms with Crippen LogP contribution in [0.3, 0.4) is 0 Å². The minimum Gasteiger partial charge on any atom is -0.378 e. The van der Waals surface area contributed by atoms with E-state index < -0.39 is 0 Å². The lowest BCUT2D eigenvalue weighted by atomic mass is 10.1. The van der Waals surface area contributed by atoms with Crippen molar-refractivity contribution in [1.82, 2.24) is 9.47 Å². The molecule has 2 heterocycles. The molecule has 17 heavy (non-hydrogen) atoms. The predicted molar refractivity (Wildman–Crippen MR) is 62.6 cm³/mol. The molecular formula is C12H20N3O2+. The van der Waals surface area contributed by atoms with Crippen molar-refractivity contribution in [3.05, 3.63) is 18.7 Å². The molecule has 1 aliphatic heterocycles. The molecule has 0 aromatic carbocycles. The van der Waals surface area contributed by atoms with Crippen molar-refractivity contribution >= 4 is 6.03 Å². The Morgan fingerprint density at radius 1 is 1.47 bits per heavy atom. The molecule has 94 valence electrons. The molecule has 1 fully saturated rings. The van der Waals surface area contributed by atoms with Crippen LogP contribution in [0.2, 0.25) is 0 Å². The number of piperidine rings is 1. The number of nitrogens with zero attached hydrogens (tertiary/aromatic N) is 3. The molecule has 0 bridgehead atoms. The highest BCUT2D eigenvalue weighted by molar-refractivity contribution is 5.76. The van der Waals surface area contributed by atoms with Crippen molar-refractivity contribution in [2.24, 2.45) is 7.05 Å². The van der Waals surface area contributed by atoms with E-state index in [9.17, 15) is 4.79 Å². The van der Waals surface area contributed by atoms with E-state index in [1.165, 1.54) is 0 Å². The molecule has 1 saturated heterocycles. The molecule has 1 aromatic rings. The Morgan fingerprint density at radius 2 is 2.18 bits per heavy atom. The van der Waals surface area contributed by atoms with E-state index in [2.05, 4.69) is 0 Å². The summed E-state index contributed by atoms with van der Waals surface area (Å²) < 4.78 is 9.06. The van der Waals surface area contributed by atoms with Gasteiger partial charge in [0.1, 0.15) is 12.4 Å². The number of aryl methyl sites for hydroxylation is 1. The van der Waals surface area contributed by atoms with Gasteiger partial charge < -0.3 is 9.64 Å². The highest BCUT2D eigenvalue weighted by atomic mass is 16.5. The molecule has 2 rings (SSSR count). The van der Waals surface area contributed by atoms with Gasteiger partial charge in [0.15, 0.2) is 0 Å². The summed E-state index contributed by atoms with van der Waals surface area (Å²) >= 11 is 0. The van der Waals surface area contributed by atoms with Crippen LogP contribution in [0.4, 0.5) is 4.79 Å². The van der Waals surface area contributed by atoms with Gasteiger partial charge in [-0.1, -0.05) is 0 Å². The van der Waals surface area contributed by atoms with Gasteiger partial charge in [0.05, 0.1) is 13.2 Å². The van der Waals surface area contributed by atoms with Crippen LogP contribution in [-0.2, 0) is 11.8 Å². The number of hydrogen-bond acceptors (Lipinski definition) is 2. The Bertz CT molecular complexity index is 381. The first-order chi connectivity index (χ1) is 8.20. The Hall–Kier alpha value is -1.36. The fourth-order valence-electron chi connectivity index (χ4n) is 2.18. The maximum absolute atomic E-state index is 12.1. The van der Waals surface area contributed by atoms with Crippen molar-refractivity contribution in [3.8, 4) is 0 Å². The van der Waals surface area contributed by atoms with Crippen LogP contribution in [-0.4, -0.2) is 41.3 Å². The minimum absolute atomic E-state index is 0.0561. The smallest absolute Gasteiger partial charge is 0.378 e. The fraction of sp³-hybridized carbons (Fsp3) is 0.667. The van der Waals surface area contributed by atoms with E-state index >= 15 is 0 Å². The third kappa shape index (κ3) is 2.85. The second kappa shape index (κ2) is 5.31. The summed E-state index contributed by atoms with van der Waals surface area (Å²) in [4.78, 5) is 14.0. The van der Waals surface area contributed by atoms with Gasteiger partial charge in [-0.15, -0.1) is 0 Å². The van der Waals surface area contributed by atoms with Gasteiger partial charge in [-0.25, -0.2) is 9.36 Å². The SMILES string of the molecule is CCOC1CCN(C(=O)n2cc[n+](C)c2)CC1. The quantitative estimate of drug-likeness (QED) is 0.714. The van der Waals surface area contributed by atoms with Crippen molar-refractivity contribution < 1.29 is 14.1 Å². The Labute approximate surface area is 102 Å². The van der Waals surface area contributed by atoms with Gasteiger partial charge in [-0.05, 0) is 19.8 Å². The van der Waals surface area contributed by atoms with Crippen LogP contribution < -0.4 is 4.57 Å². The molecule has 0 spiro atoms. The standard InChI is InChI=1S/C12H20N3O2/c1-3-17-11-4-6-14(7-5-11)12(16)15-9-8-13(2)10-15/h8-11H,3-7H2,1-2H3/q+1. The number of amides is 1. The first-order valence-electron chi connectivity index (χ1n) is 6.15. The number of ether oxygens (including phenoxy) is 1. The lowest BCUT2D eigenvalue weighted by Crippen LogP contribution is -2.43. The third-order valence-electron chi connectivity index (χ3n) is 3.10. The highest BCUT2D eigenvalue weighted by Gasteiger charge is 2.26. The van der Waals surface area contributed by atoms with Crippen molar-refractivity contribution in [2.75, 3.05) is 19.7 Å². The summed E-state index contributed by atoms with van der Waals surface area (Å²) in [5.74, 6) is 0. The van der Waals surface area contributed by atoms with Crippen LogP contribution >= 0.6 is 0 Å². The number of aromatic nitrogens is 2. The Morgan fingerprint density at radius 3 is 2.71 bits per heavy atom. The summed E-state index contributed by atoms with van der Waals surface area (Å²) in [7, 11) is 1.91. The van der Waals surface area contributed by atoms with Gasteiger partial charge in [0.2, 0.25) is 0 Å². The average molecular weight is 238 g/mol. The highest BCUT2D eigenvalue weighted by Crippen LogP contribution is 2.14. The molecule has 5 heteroatoms. The number of rotatable bonds is 2. The summed E-state index contributed by atoms with van der Waals surface area (Å²) in [5.41, 5.74) is 0. The number of imidazole rings is 1. The topological polar surface area (TPSA) is 38.4 Å². The van der Waals surface area contributed by atoms with Gasteiger partial charge in [0, 0.05) is 19.7 Å². The Balaban J connectivity index is 1.90. The molecule has 0 unspecified atom stereocenters. The molecule has 0 saturated carbocycles. The van der Waals surface area contributed by atoms with Crippen LogP contribution in [0, 0.1) is 0 Å². The van der Waals surface area contributed by atoms with E-state index in [1.807, 2.05) is 29.6 Å². The number of carbonyl (C=O) groups excluding carboxylic acids is 1. The van der Waals surface area contributed by atoms with E-state index in [-0.39, 0.29) is 6.03 Å². The largest absolute Gasteiger partial charge is 0.415 e. The van der Waals surface area contributed by atoms with E-state index in [4.69, 9.17) is 4.74 Å². The lowest BCUT2D eigenvalue weighted by molar-refractivity contribution is -0.670. The third-order valence-corrected chi connectivity index (χ3v) is 3.10. The number of hydrogen-bond donors (Lipinski definition) is 0. The monoisotopic (exact) mass is 238 g/mol. The second-order valence-electron chi connectivity index (χ2n) is 4.41.